The van der Waals surface area contributed by atoms with Gasteiger partial charge in [-0.05, 0) is 42.0 Å². The highest BCUT2D eigenvalue weighted by atomic mass is 16.5. The number of hydrogen-bond donors (Lipinski definition) is 1. The minimum atomic E-state index is -0.0530. The van der Waals surface area contributed by atoms with Crippen molar-refractivity contribution in [3.05, 3.63) is 42.0 Å². The Hall–Kier alpha value is -2.86. The molecule has 3 aromatic rings. The summed E-state index contributed by atoms with van der Waals surface area (Å²) in [5, 5.41) is 9.20. The smallest absolute Gasteiger partial charge is 0.231 e. The number of β-amino-alcohol motifs (C(OH)–C–C–N with tert-alkyl or cyclic N) is 1. The molecule has 0 aliphatic carbocycles. The number of benzene rings is 2. The van der Waals surface area contributed by atoms with Gasteiger partial charge in [0.25, 0.3) is 0 Å². The summed E-state index contributed by atoms with van der Waals surface area (Å²) < 4.78 is 7.25. The second-order valence-corrected chi connectivity index (χ2v) is 6.14. The third-order valence-corrected chi connectivity index (χ3v) is 4.69. The average molecular weight is 337 g/mol. The predicted molar refractivity (Wildman–Crippen MR) is 95.8 cm³/mol. The normalized spacial score (nSPS) is 13.6. The van der Waals surface area contributed by atoms with Crippen molar-refractivity contribution in [2.45, 2.75) is 6.42 Å². The molecule has 0 fully saturated rings. The third-order valence-electron chi connectivity index (χ3n) is 4.69. The van der Waals surface area contributed by atoms with Crippen LogP contribution in [0.1, 0.15) is 5.56 Å². The number of amides is 1. The number of nitrogens with zero attached hydrogens (tertiary/aromatic N) is 3. The molecule has 25 heavy (non-hydrogen) atoms. The molecule has 6 nitrogen and oxygen atoms in total. The first-order chi connectivity index (χ1) is 12.1. The summed E-state index contributed by atoms with van der Waals surface area (Å²) in [6.45, 7) is 0.262. The molecular weight excluding hydrogens is 318 g/mol. The van der Waals surface area contributed by atoms with Crippen molar-refractivity contribution in [3.63, 3.8) is 0 Å². The van der Waals surface area contributed by atoms with Crippen LogP contribution in [0.15, 0.2) is 36.4 Å². The van der Waals surface area contributed by atoms with Crippen LogP contribution in [-0.4, -0.2) is 40.8 Å². The first-order valence-electron chi connectivity index (χ1n) is 8.17. The zero-order valence-corrected chi connectivity index (χ0v) is 14.2. The minimum absolute atomic E-state index is 0.0229. The fourth-order valence-electron chi connectivity index (χ4n) is 3.40. The summed E-state index contributed by atoms with van der Waals surface area (Å²) in [6.07, 6.45) is 0.369. The van der Waals surface area contributed by atoms with Gasteiger partial charge in [0, 0.05) is 24.8 Å². The first kappa shape index (κ1) is 15.7. The fourth-order valence-corrected chi connectivity index (χ4v) is 3.40. The molecule has 0 radical (unpaired) electrons. The Bertz CT molecular complexity index is 960. The summed E-state index contributed by atoms with van der Waals surface area (Å²) in [7, 11) is 3.62. The molecule has 1 aliphatic rings. The molecule has 0 saturated heterocycles. The molecule has 128 valence electrons. The van der Waals surface area contributed by atoms with E-state index in [4.69, 9.17) is 9.72 Å². The van der Waals surface area contributed by atoms with Crippen molar-refractivity contribution in [1.82, 2.24) is 9.55 Å². The number of methoxy groups -OCH3 is 1. The first-order valence-corrected chi connectivity index (χ1v) is 8.17. The summed E-state index contributed by atoms with van der Waals surface area (Å²) in [5.74, 6) is 1.69. The second kappa shape index (κ2) is 5.89. The van der Waals surface area contributed by atoms with Crippen LogP contribution in [0.4, 0.5) is 5.69 Å². The van der Waals surface area contributed by atoms with Gasteiger partial charge in [-0.15, -0.1) is 0 Å². The van der Waals surface area contributed by atoms with E-state index in [0.717, 1.165) is 39.4 Å². The third kappa shape index (κ3) is 2.46. The zero-order chi connectivity index (χ0) is 17.6. The molecule has 1 aromatic heterocycles. The van der Waals surface area contributed by atoms with E-state index in [1.165, 1.54) is 0 Å². The maximum atomic E-state index is 12.1. The molecule has 0 saturated carbocycles. The Morgan fingerprint density at radius 2 is 2.00 bits per heavy atom. The highest BCUT2D eigenvalue weighted by molar-refractivity contribution is 6.04. The number of aryl methyl sites for hydroxylation is 1. The minimum Gasteiger partial charge on any atom is -0.497 e. The van der Waals surface area contributed by atoms with Crippen molar-refractivity contribution in [1.29, 1.82) is 0 Å². The Morgan fingerprint density at radius 1 is 1.24 bits per heavy atom. The van der Waals surface area contributed by atoms with Crippen molar-refractivity contribution in [2.75, 3.05) is 25.2 Å². The van der Waals surface area contributed by atoms with Gasteiger partial charge in [-0.2, -0.15) is 0 Å². The van der Waals surface area contributed by atoms with Crippen molar-refractivity contribution in [2.24, 2.45) is 7.05 Å². The number of aliphatic hydroxyl groups is 1. The van der Waals surface area contributed by atoms with E-state index in [1.807, 2.05) is 48.0 Å². The Morgan fingerprint density at radius 3 is 2.68 bits per heavy atom. The fraction of sp³-hybridized carbons (Fsp3) is 0.263. The van der Waals surface area contributed by atoms with Gasteiger partial charge in [0.05, 0.1) is 31.2 Å². The molecule has 0 atom stereocenters. The van der Waals surface area contributed by atoms with Gasteiger partial charge >= 0.3 is 0 Å². The Labute approximate surface area is 145 Å². The number of aromatic nitrogens is 2. The standard InChI is InChI=1S/C19H19N3O3/c1-21-17-9-13-10-18(24)22(7-8-23)16(13)11-15(17)20-19(21)12-3-5-14(25-2)6-4-12/h3-6,9,11,23H,7-8,10H2,1-2H3. The highest BCUT2D eigenvalue weighted by Gasteiger charge is 2.28. The molecule has 1 aliphatic heterocycles. The highest BCUT2D eigenvalue weighted by Crippen LogP contribution is 2.34. The monoisotopic (exact) mass is 337 g/mol. The van der Waals surface area contributed by atoms with Gasteiger partial charge in [-0.25, -0.2) is 4.98 Å². The maximum Gasteiger partial charge on any atom is 0.231 e. The SMILES string of the molecule is COc1ccc(-c2nc3cc4c(cc3n2C)CC(=O)N4CCO)cc1. The largest absolute Gasteiger partial charge is 0.497 e. The van der Waals surface area contributed by atoms with E-state index in [2.05, 4.69) is 0 Å². The summed E-state index contributed by atoms with van der Waals surface area (Å²) in [4.78, 5) is 18.5. The van der Waals surface area contributed by atoms with Crippen LogP contribution >= 0.6 is 0 Å². The van der Waals surface area contributed by atoms with Gasteiger partial charge in [0.2, 0.25) is 5.91 Å². The van der Waals surface area contributed by atoms with Crippen molar-refractivity contribution >= 4 is 22.6 Å². The maximum absolute atomic E-state index is 12.1. The average Bonchev–Trinajstić information content (AvgIpc) is 3.11. The molecule has 4 rings (SSSR count). The number of hydrogen-bond acceptors (Lipinski definition) is 4. The molecule has 1 N–H and O–H groups in total. The number of carbonyl (C=O) groups excluding carboxylic acids is 1. The number of carbonyl (C=O) groups is 1. The second-order valence-electron chi connectivity index (χ2n) is 6.14. The van der Waals surface area contributed by atoms with Crippen LogP contribution < -0.4 is 9.64 Å². The number of fused-ring (bicyclic) bond motifs is 2. The van der Waals surface area contributed by atoms with Crippen molar-refractivity contribution < 1.29 is 14.6 Å². The number of imidazole rings is 1. The van der Waals surface area contributed by atoms with Crippen LogP contribution in [0, 0.1) is 0 Å². The van der Waals surface area contributed by atoms with Gasteiger partial charge < -0.3 is 19.3 Å². The summed E-state index contributed by atoms with van der Waals surface area (Å²) >= 11 is 0. The lowest BCUT2D eigenvalue weighted by Crippen LogP contribution is -2.29. The Balaban J connectivity index is 1.82. The number of anilines is 1. The van der Waals surface area contributed by atoms with E-state index < -0.39 is 0 Å². The van der Waals surface area contributed by atoms with Crippen LogP contribution in [0.25, 0.3) is 22.4 Å². The molecule has 2 heterocycles. The van der Waals surface area contributed by atoms with E-state index in [0.29, 0.717) is 13.0 Å². The lowest BCUT2D eigenvalue weighted by molar-refractivity contribution is -0.117. The number of rotatable bonds is 4. The molecule has 1 amide bonds. The van der Waals surface area contributed by atoms with Crippen LogP contribution in [0.5, 0.6) is 5.75 Å². The zero-order valence-electron chi connectivity index (χ0n) is 14.2. The van der Waals surface area contributed by atoms with Gasteiger partial charge in [0.1, 0.15) is 11.6 Å². The lowest BCUT2D eigenvalue weighted by atomic mass is 10.1. The molecular formula is C19H19N3O3. The van der Waals surface area contributed by atoms with Crippen molar-refractivity contribution in [3.8, 4) is 17.1 Å². The van der Waals surface area contributed by atoms with E-state index >= 15 is 0 Å². The lowest BCUT2D eigenvalue weighted by Gasteiger charge is -2.15. The van der Waals surface area contributed by atoms with Gasteiger partial charge in [-0.3, -0.25) is 4.79 Å². The topological polar surface area (TPSA) is 67.6 Å². The number of aliphatic hydroxyl groups excluding tert-OH is 1. The molecule has 0 unspecified atom stereocenters. The molecule has 2 aromatic carbocycles. The van der Waals surface area contributed by atoms with Crippen LogP contribution in [0.3, 0.4) is 0 Å². The molecule has 6 heteroatoms. The van der Waals surface area contributed by atoms with Gasteiger partial charge in [-0.1, -0.05) is 0 Å². The van der Waals surface area contributed by atoms with Gasteiger partial charge in [0.15, 0.2) is 0 Å². The quantitative estimate of drug-likeness (QED) is 0.792. The van der Waals surface area contributed by atoms with Crippen LogP contribution in [0.2, 0.25) is 0 Å². The predicted octanol–water partition coefficient (Wildman–Crippen LogP) is 2.13. The molecule has 0 bridgehead atoms. The Kier molecular flexibility index (Phi) is 3.69. The van der Waals surface area contributed by atoms with E-state index in [-0.39, 0.29) is 12.5 Å². The number of ether oxygens (including phenoxy) is 1. The van der Waals surface area contributed by atoms with E-state index in [1.54, 1.807) is 12.0 Å². The summed E-state index contributed by atoms with van der Waals surface area (Å²) in [6, 6.07) is 11.8. The van der Waals surface area contributed by atoms with Crippen LogP contribution in [-0.2, 0) is 18.3 Å². The molecule has 0 spiro atoms. The van der Waals surface area contributed by atoms with E-state index in [9.17, 15) is 9.90 Å². The summed E-state index contributed by atoms with van der Waals surface area (Å²) in [5.41, 5.74) is 4.66.